The number of fused-ring (bicyclic) bond motifs is 3. The highest BCUT2D eigenvalue weighted by Crippen LogP contribution is 2.45. The molecular formula is C40H54N3+. The van der Waals surface area contributed by atoms with E-state index in [0.717, 1.165) is 19.3 Å². The molecule has 228 valence electrons. The summed E-state index contributed by atoms with van der Waals surface area (Å²) in [6, 6.07) is 21.8. The largest absolute Gasteiger partial charge is 0.369 e. The third-order valence-electron chi connectivity index (χ3n) is 11.8. The van der Waals surface area contributed by atoms with Crippen molar-refractivity contribution in [2.24, 2.45) is 0 Å². The third kappa shape index (κ3) is 4.82. The van der Waals surface area contributed by atoms with Crippen LogP contribution in [0.3, 0.4) is 0 Å². The summed E-state index contributed by atoms with van der Waals surface area (Å²) < 4.78 is 2.49. The van der Waals surface area contributed by atoms with Crippen LogP contribution in [0.15, 0.2) is 54.6 Å². The molecule has 0 bridgehead atoms. The average Bonchev–Trinajstić information content (AvgIpc) is 2.93. The Balaban J connectivity index is 1.63. The van der Waals surface area contributed by atoms with Gasteiger partial charge in [-0.2, -0.15) is 0 Å². The van der Waals surface area contributed by atoms with Gasteiger partial charge in [0.05, 0.1) is 0 Å². The molecule has 3 unspecified atom stereocenters. The summed E-state index contributed by atoms with van der Waals surface area (Å²) >= 11 is 0. The molecule has 0 N–H and O–H groups in total. The van der Waals surface area contributed by atoms with Gasteiger partial charge in [0.15, 0.2) is 5.54 Å². The normalized spacial score (nSPS) is 25.1. The highest BCUT2D eigenvalue weighted by Gasteiger charge is 2.38. The summed E-state index contributed by atoms with van der Waals surface area (Å²) in [7, 11) is 6.79. The standard InChI is InChI=1S/C40H54N3/c1-25-22-38(4,5)41(10)34-16-13-28(19-31(25)34)37(29-14-17-35-32(20-29)26(2)23-39(6,7)42(35)11)30-15-18-36-33(21-30)27(3)24-40(8,9)43(36)12/h13-21,25-27H,22-24H2,1-12H3/q+1. The average molecular weight is 577 g/mol. The highest BCUT2D eigenvalue weighted by molar-refractivity contribution is 5.83. The molecular weight excluding hydrogens is 522 g/mol. The first kappa shape index (κ1) is 30.0. The van der Waals surface area contributed by atoms with Gasteiger partial charge in [-0.1, -0.05) is 32.9 Å². The Morgan fingerprint density at radius 1 is 0.628 bits per heavy atom. The molecule has 3 nitrogen and oxygen atoms in total. The molecule has 3 aromatic carbocycles. The van der Waals surface area contributed by atoms with E-state index in [4.69, 9.17) is 0 Å². The predicted molar refractivity (Wildman–Crippen MR) is 185 cm³/mol. The van der Waals surface area contributed by atoms with Gasteiger partial charge in [0.1, 0.15) is 7.05 Å². The Hall–Kier alpha value is -3.07. The number of rotatable bonds is 2. The van der Waals surface area contributed by atoms with Crippen LogP contribution in [0.2, 0.25) is 0 Å². The lowest BCUT2D eigenvalue weighted by Gasteiger charge is -2.46. The van der Waals surface area contributed by atoms with Gasteiger partial charge in [0.2, 0.25) is 5.36 Å². The van der Waals surface area contributed by atoms with Crippen molar-refractivity contribution in [2.75, 3.05) is 30.9 Å². The SMILES string of the molecule is CC1CC(C)(C)N(C)c2ccc(C(c3ccc4c(c3)C(C)CC(C)(C)N4C)=c3ccc4c(c3)C(C)CC(C)(C)[N+]=4C)cc21. The van der Waals surface area contributed by atoms with Crippen LogP contribution in [-0.4, -0.2) is 37.8 Å². The first-order valence-corrected chi connectivity index (χ1v) is 16.5. The number of anilines is 2. The number of hydrogen-bond donors (Lipinski definition) is 0. The van der Waals surface area contributed by atoms with Gasteiger partial charge in [0.25, 0.3) is 0 Å². The molecule has 0 aliphatic carbocycles. The van der Waals surface area contributed by atoms with Gasteiger partial charge < -0.3 is 9.80 Å². The zero-order valence-electron chi connectivity index (χ0n) is 28.9. The van der Waals surface area contributed by atoms with E-state index in [1.54, 1.807) is 0 Å². The van der Waals surface area contributed by atoms with E-state index in [2.05, 4.69) is 152 Å². The first-order valence-electron chi connectivity index (χ1n) is 16.5. The maximum Gasteiger partial charge on any atom is 0.203 e. The number of benzene rings is 3. The molecule has 3 heteroatoms. The fourth-order valence-electron chi connectivity index (χ4n) is 8.70. The lowest BCUT2D eigenvalue weighted by molar-refractivity contribution is 0.293. The fraction of sp³-hybridized carbons (Fsp3) is 0.525. The van der Waals surface area contributed by atoms with Crippen molar-refractivity contribution in [3.63, 3.8) is 0 Å². The van der Waals surface area contributed by atoms with Crippen LogP contribution >= 0.6 is 0 Å². The second kappa shape index (κ2) is 9.98. The summed E-state index contributed by atoms with van der Waals surface area (Å²) in [5.41, 5.74) is 11.6. The minimum absolute atomic E-state index is 0.156. The molecule has 3 aromatic rings. The monoisotopic (exact) mass is 576 g/mol. The van der Waals surface area contributed by atoms with Crippen molar-refractivity contribution in [1.29, 1.82) is 0 Å². The molecule has 3 aliphatic heterocycles. The van der Waals surface area contributed by atoms with Crippen molar-refractivity contribution < 1.29 is 0 Å². The van der Waals surface area contributed by atoms with Crippen LogP contribution in [0.1, 0.15) is 127 Å². The number of nitrogens with zero attached hydrogens (tertiary/aromatic N) is 3. The Labute approximate surface area is 260 Å². The van der Waals surface area contributed by atoms with Crippen LogP contribution in [0.25, 0.3) is 5.57 Å². The number of hydrogen-bond acceptors (Lipinski definition) is 2. The van der Waals surface area contributed by atoms with E-state index in [1.807, 2.05) is 0 Å². The zero-order valence-corrected chi connectivity index (χ0v) is 28.9. The Morgan fingerprint density at radius 3 is 1.58 bits per heavy atom. The smallest absolute Gasteiger partial charge is 0.203 e. The van der Waals surface area contributed by atoms with Crippen LogP contribution in [-0.2, 0) is 0 Å². The van der Waals surface area contributed by atoms with E-state index in [1.165, 1.54) is 55.3 Å². The fourth-order valence-corrected chi connectivity index (χ4v) is 8.70. The highest BCUT2D eigenvalue weighted by atomic mass is 15.2. The van der Waals surface area contributed by atoms with Crippen molar-refractivity contribution in [3.05, 3.63) is 93.0 Å². The molecule has 0 amide bonds. The second-order valence-corrected chi connectivity index (χ2v) is 16.1. The van der Waals surface area contributed by atoms with E-state index < -0.39 is 0 Å². The molecule has 3 atom stereocenters. The quantitative estimate of drug-likeness (QED) is 0.288. The summed E-state index contributed by atoms with van der Waals surface area (Å²) in [5, 5.41) is 2.70. The van der Waals surface area contributed by atoms with E-state index in [-0.39, 0.29) is 16.6 Å². The molecule has 0 saturated heterocycles. The predicted octanol–water partition coefficient (Wildman–Crippen LogP) is 7.78. The van der Waals surface area contributed by atoms with Crippen molar-refractivity contribution in [3.8, 4) is 0 Å². The summed E-state index contributed by atoms with van der Waals surface area (Å²) in [6.07, 6.45) is 3.48. The van der Waals surface area contributed by atoms with Crippen LogP contribution < -0.4 is 25.0 Å². The van der Waals surface area contributed by atoms with Crippen LogP contribution in [0.5, 0.6) is 0 Å². The summed E-state index contributed by atoms with van der Waals surface area (Å²) in [5.74, 6) is 1.55. The second-order valence-electron chi connectivity index (χ2n) is 16.1. The molecule has 3 heterocycles. The molecule has 0 spiro atoms. The van der Waals surface area contributed by atoms with Gasteiger partial charge in [-0.3, -0.25) is 0 Å². The van der Waals surface area contributed by atoms with Crippen molar-refractivity contribution >= 4 is 16.9 Å². The Morgan fingerprint density at radius 2 is 1.09 bits per heavy atom. The van der Waals surface area contributed by atoms with E-state index >= 15 is 0 Å². The van der Waals surface area contributed by atoms with Gasteiger partial charge in [-0.15, -0.1) is 0 Å². The topological polar surface area (TPSA) is 9.49 Å². The molecule has 3 aliphatic rings. The van der Waals surface area contributed by atoms with E-state index in [0.29, 0.717) is 17.8 Å². The molecule has 0 aromatic heterocycles. The van der Waals surface area contributed by atoms with Crippen molar-refractivity contribution in [1.82, 2.24) is 4.58 Å². The lowest BCUT2D eigenvalue weighted by atomic mass is 9.78. The Bertz CT molecular complexity index is 1640. The minimum atomic E-state index is 0.156. The molecule has 0 saturated carbocycles. The van der Waals surface area contributed by atoms with Crippen LogP contribution in [0.4, 0.5) is 11.4 Å². The van der Waals surface area contributed by atoms with Gasteiger partial charge in [0, 0.05) is 54.6 Å². The van der Waals surface area contributed by atoms with Gasteiger partial charge in [-0.05, 0) is 142 Å². The minimum Gasteiger partial charge on any atom is -0.369 e. The van der Waals surface area contributed by atoms with Crippen molar-refractivity contribution in [2.45, 2.75) is 116 Å². The molecule has 0 fully saturated rings. The summed E-state index contributed by atoms with van der Waals surface area (Å²) in [4.78, 5) is 4.98. The zero-order chi connectivity index (χ0) is 31.2. The molecule has 43 heavy (non-hydrogen) atoms. The lowest BCUT2D eigenvalue weighted by Crippen LogP contribution is -2.50. The maximum atomic E-state index is 2.51. The Kier molecular flexibility index (Phi) is 6.95. The maximum absolute atomic E-state index is 2.51. The van der Waals surface area contributed by atoms with Crippen LogP contribution in [0, 0.1) is 0 Å². The van der Waals surface area contributed by atoms with Gasteiger partial charge in [-0.25, -0.2) is 4.58 Å². The first-order chi connectivity index (χ1) is 20.0. The molecule has 0 radical (unpaired) electrons. The van der Waals surface area contributed by atoms with E-state index in [9.17, 15) is 0 Å². The molecule has 6 rings (SSSR count). The summed E-state index contributed by atoms with van der Waals surface area (Å²) in [6.45, 7) is 21.5. The van der Waals surface area contributed by atoms with Gasteiger partial charge >= 0.3 is 0 Å². The third-order valence-corrected chi connectivity index (χ3v) is 11.8.